The van der Waals surface area contributed by atoms with Gasteiger partial charge in [-0.15, -0.1) is 0 Å². The van der Waals surface area contributed by atoms with Gasteiger partial charge in [0.1, 0.15) is 18.6 Å². The Balaban J connectivity index is 1.35. The lowest BCUT2D eigenvalue weighted by atomic mass is 9.73. The first-order valence-electron chi connectivity index (χ1n) is 16.0. The quantitative estimate of drug-likeness (QED) is 0.286. The average molecular weight is 645 g/mol. The van der Waals surface area contributed by atoms with Crippen LogP contribution in [-0.2, 0) is 33.6 Å². The van der Waals surface area contributed by atoms with E-state index in [9.17, 15) is 19.8 Å². The van der Waals surface area contributed by atoms with Gasteiger partial charge in [0, 0.05) is 41.6 Å². The van der Waals surface area contributed by atoms with Crippen LogP contribution in [0.3, 0.4) is 0 Å². The van der Waals surface area contributed by atoms with Crippen molar-refractivity contribution < 1.29 is 43.5 Å². The number of esters is 2. The Bertz CT molecular complexity index is 1740. The number of aliphatic hydroxyl groups is 1. The first kappa shape index (κ1) is 31.3. The number of carbonyl (C=O) groups excluding carboxylic acids is 2. The van der Waals surface area contributed by atoms with Gasteiger partial charge in [0.15, 0.2) is 23.0 Å². The topological polar surface area (TPSA) is 127 Å². The predicted molar refractivity (Wildman–Crippen MR) is 170 cm³/mol. The van der Waals surface area contributed by atoms with Crippen LogP contribution in [-0.4, -0.2) is 77.8 Å². The van der Waals surface area contributed by atoms with E-state index in [4.69, 9.17) is 23.7 Å². The van der Waals surface area contributed by atoms with E-state index in [0.29, 0.717) is 53.4 Å². The molecule has 7 rings (SSSR count). The molecule has 248 valence electrons. The highest BCUT2D eigenvalue weighted by atomic mass is 16.7. The predicted octanol–water partition coefficient (Wildman–Crippen LogP) is 4.05. The largest absolute Gasteiger partial charge is 0.504 e. The number of ether oxygens (including phenoxy) is 5. The fourth-order valence-corrected chi connectivity index (χ4v) is 8.22. The molecule has 0 amide bonds. The molecule has 11 heteroatoms. The second-order valence-electron chi connectivity index (χ2n) is 12.9. The highest BCUT2D eigenvalue weighted by Gasteiger charge is 2.56. The number of fused-ring (bicyclic) bond motifs is 9. The molecule has 0 spiro atoms. The maximum Gasteiger partial charge on any atom is 0.308 e. The molecule has 11 nitrogen and oxygen atoms in total. The number of likely N-dealkylation sites (N-methyl/N-ethyl adjacent to an activating group) is 1. The van der Waals surface area contributed by atoms with Crippen molar-refractivity contribution in [2.75, 3.05) is 27.6 Å². The van der Waals surface area contributed by atoms with Crippen LogP contribution in [0.15, 0.2) is 36.4 Å². The van der Waals surface area contributed by atoms with Gasteiger partial charge in [0.2, 0.25) is 6.79 Å². The Morgan fingerprint density at radius 3 is 2.49 bits per heavy atom. The van der Waals surface area contributed by atoms with Crippen LogP contribution in [0.5, 0.6) is 28.7 Å². The molecule has 0 saturated carbocycles. The molecular weight excluding hydrogens is 604 g/mol. The van der Waals surface area contributed by atoms with E-state index in [1.54, 1.807) is 0 Å². The second kappa shape index (κ2) is 12.0. The molecule has 1 fully saturated rings. The SMILES string of the molecule is COc1c(C)cc2c(c1O)[C@@H]1C3Cc4c(OC(C)=O)c(C)c5c(c4[C@H](COC(=O)CCc4ccccc4)N3[C@@H](O)[C@H](C2)N1C)OCO5. The molecule has 0 radical (unpaired) electrons. The van der Waals surface area contributed by atoms with Gasteiger partial charge in [-0.05, 0) is 56.8 Å². The van der Waals surface area contributed by atoms with Crippen LogP contribution in [0.1, 0.15) is 64.4 Å². The third kappa shape index (κ3) is 5.08. The third-order valence-corrected chi connectivity index (χ3v) is 10.2. The highest BCUT2D eigenvalue weighted by Crippen LogP contribution is 2.58. The molecule has 0 aromatic heterocycles. The average Bonchev–Trinajstić information content (AvgIpc) is 3.54. The van der Waals surface area contributed by atoms with Gasteiger partial charge < -0.3 is 33.9 Å². The van der Waals surface area contributed by atoms with Crippen molar-refractivity contribution in [3.63, 3.8) is 0 Å². The minimum absolute atomic E-state index is 0.0178. The van der Waals surface area contributed by atoms with Crippen LogP contribution < -0.4 is 18.9 Å². The number of piperazine rings is 1. The Morgan fingerprint density at radius 2 is 1.77 bits per heavy atom. The summed E-state index contributed by atoms with van der Waals surface area (Å²) < 4.78 is 29.4. The van der Waals surface area contributed by atoms with Gasteiger partial charge in [0.25, 0.3) is 0 Å². The zero-order valence-corrected chi connectivity index (χ0v) is 27.2. The number of rotatable bonds is 7. The number of aryl methyl sites for hydroxylation is 2. The van der Waals surface area contributed by atoms with E-state index in [1.807, 2.05) is 62.2 Å². The number of aliphatic hydroxyl groups excluding tert-OH is 1. The molecule has 1 saturated heterocycles. The molecule has 3 aromatic rings. The number of hydrogen-bond donors (Lipinski definition) is 2. The molecule has 3 aromatic carbocycles. The summed E-state index contributed by atoms with van der Waals surface area (Å²) in [5.41, 5.74) is 5.55. The molecule has 4 heterocycles. The monoisotopic (exact) mass is 644 g/mol. The van der Waals surface area contributed by atoms with E-state index in [1.165, 1.54) is 14.0 Å². The smallest absolute Gasteiger partial charge is 0.308 e. The van der Waals surface area contributed by atoms with Crippen LogP contribution in [0, 0.1) is 13.8 Å². The van der Waals surface area contributed by atoms with Crippen LogP contribution in [0.2, 0.25) is 0 Å². The van der Waals surface area contributed by atoms with E-state index in [0.717, 1.165) is 27.8 Å². The van der Waals surface area contributed by atoms with E-state index >= 15 is 0 Å². The molecular formula is C36H40N2O9. The zero-order chi connectivity index (χ0) is 33.1. The third-order valence-electron chi connectivity index (χ3n) is 10.2. The van der Waals surface area contributed by atoms with Gasteiger partial charge in [0.05, 0.1) is 25.2 Å². The van der Waals surface area contributed by atoms with E-state index in [2.05, 4.69) is 4.90 Å². The highest BCUT2D eigenvalue weighted by molar-refractivity contribution is 5.74. The molecule has 47 heavy (non-hydrogen) atoms. The first-order valence-corrected chi connectivity index (χ1v) is 16.0. The summed E-state index contributed by atoms with van der Waals surface area (Å²) in [6.07, 6.45) is 0.600. The summed E-state index contributed by atoms with van der Waals surface area (Å²) in [6.45, 7) is 4.97. The number of hydrogen-bond acceptors (Lipinski definition) is 11. The number of aromatic hydroxyl groups is 1. The van der Waals surface area contributed by atoms with Crippen molar-refractivity contribution in [1.29, 1.82) is 0 Å². The summed E-state index contributed by atoms with van der Waals surface area (Å²) in [4.78, 5) is 29.7. The minimum Gasteiger partial charge on any atom is -0.504 e. The molecule has 4 aliphatic rings. The lowest BCUT2D eigenvalue weighted by Gasteiger charge is -2.60. The summed E-state index contributed by atoms with van der Waals surface area (Å²) in [5.74, 6) is 0.963. The van der Waals surface area contributed by atoms with Crippen molar-refractivity contribution in [1.82, 2.24) is 9.80 Å². The van der Waals surface area contributed by atoms with Crippen molar-refractivity contribution in [2.45, 2.75) is 76.8 Å². The first-order chi connectivity index (χ1) is 22.6. The molecule has 5 atom stereocenters. The van der Waals surface area contributed by atoms with Gasteiger partial charge >= 0.3 is 11.9 Å². The van der Waals surface area contributed by atoms with Crippen molar-refractivity contribution in [3.8, 4) is 28.7 Å². The van der Waals surface area contributed by atoms with Crippen molar-refractivity contribution >= 4 is 11.9 Å². The van der Waals surface area contributed by atoms with E-state index in [-0.39, 0.29) is 43.6 Å². The molecule has 1 unspecified atom stereocenters. The van der Waals surface area contributed by atoms with Crippen LogP contribution in [0.4, 0.5) is 0 Å². The maximum atomic E-state index is 13.2. The lowest BCUT2D eigenvalue weighted by molar-refractivity contribution is -0.183. The van der Waals surface area contributed by atoms with Crippen LogP contribution in [0.25, 0.3) is 0 Å². The Hall–Kier alpha value is -4.32. The Morgan fingerprint density at radius 1 is 1.02 bits per heavy atom. The molecule has 2 N–H and O–H groups in total. The maximum absolute atomic E-state index is 13.2. The molecule has 2 bridgehead atoms. The minimum atomic E-state index is -0.962. The van der Waals surface area contributed by atoms with Gasteiger partial charge in [-0.3, -0.25) is 19.4 Å². The number of benzene rings is 3. The summed E-state index contributed by atoms with van der Waals surface area (Å²) in [6, 6.07) is 9.99. The van der Waals surface area contributed by atoms with Crippen LogP contribution >= 0.6 is 0 Å². The summed E-state index contributed by atoms with van der Waals surface area (Å²) >= 11 is 0. The zero-order valence-electron chi connectivity index (χ0n) is 27.2. The number of methoxy groups -OCH3 is 1. The summed E-state index contributed by atoms with van der Waals surface area (Å²) in [7, 11) is 3.49. The lowest BCUT2D eigenvalue weighted by Crippen LogP contribution is -2.68. The number of phenolic OH excluding ortho intramolecular Hbond substituents is 1. The van der Waals surface area contributed by atoms with E-state index < -0.39 is 24.3 Å². The Kier molecular flexibility index (Phi) is 8.02. The van der Waals surface area contributed by atoms with Crippen molar-refractivity contribution in [3.05, 3.63) is 75.3 Å². The Labute approximate surface area is 273 Å². The second-order valence-corrected chi connectivity index (χ2v) is 12.9. The normalized spacial score (nSPS) is 24.2. The summed E-state index contributed by atoms with van der Waals surface area (Å²) in [5, 5.41) is 23.8. The molecule has 0 aliphatic carbocycles. The molecule has 4 aliphatic heterocycles. The van der Waals surface area contributed by atoms with Crippen molar-refractivity contribution in [2.24, 2.45) is 0 Å². The fourth-order valence-electron chi connectivity index (χ4n) is 8.22. The number of nitrogens with zero attached hydrogens (tertiary/aromatic N) is 2. The van der Waals surface area contributed by atoms with Gasteiger partial charge in [-0.25, -0.2) is 0 Å². The fraction of sp³-hybridized carbons (Fsp3) is 0.444. The van der Waals surface area contributed by atoms with Gasteiger partial charge in [-0.1, -0.05) is 36.4 Å². The standard InChI is InChI=1S/C36H40N2O9/c1-18-13-22-14-25-36(42)38-24(30(37(25)4)28(22)31(41)32(18)43-5)15-23-29(35-34(45-17-46-35)19(2)33(23)47-20(3)39)26(38)16-44-27(40)12-11-21-9-7-6-8-10-21/h6-10,13,24-26,30,36,41-42H,11-12,14-17H2,1-5H3/t24?,25-,26-,30-,36-/m0/s1. The number of carbonyl (C=O) groups is 2. The number of phenols is 1. The van der Waals surface area contributed by atoms with Gasteiger partial charge in [-0.2, -0.15) is 0 Å².